The van der Waals surface area contributed by atoms with Crippen LogP contribution >= 0.6 is 0 Å². The van der Waals surface area contributed by atoms with E-state index in [2.05, 4.69) is 10.2 Å². The fraction of sp³-hybridized carbons (Fsp3) is 0.444. The van der Waals surface area contributed by atoms with Crippen molar-refractivity contribution >= 4 is 12.8 Å². The molecule has 0 saturated heterocycles. The summed E-state index contributed by atoms with van der Waals surface area (Å²) in [6.45, 7) is 7.81. The summed E-state index contributed by atoms with van der Waals surface area (Å²) in [4.78, 5) is 18.7. The van der Waals surface area contributed by atoms with Crippen LogP contribution in [0.5, 0.6) is 0 Å². The van der Waals surface area contributed by atoms with Gasteiger partial charge in [-0.15, -0.1) is 0 Å². The average molecular weight is 198 g/mol. The van der Waals surface area contributed by atoms with Gasteiger partial charge in [0, 0.05) is 5.41 Å². The molecule has 0 aliphatic carbocycles. The Morgan fingerprint density at radius 3 is 2.29 bits per heavy atom. The van der Waals surface area contributed by atoms with Crippen molar-refractivity contribution in [3.63, 3.8) is 0 Å². The highest BCUT2D eigenvalue weighted by Crippen LogP contribution is 2.22. The standard InChI is InChI=1S/C8H12N2O2.CH2O/c1-8(2,3)6-5(7(11)12)4-9-10-6;1-2/h4H,1-3H3,(H,9,10)(H,11,12);1H2. The van der Waals surface area contributed by atoms with E-state index < -0.39 is 5.97 Å². The number of aromatic carboxylic acids is 1. The Labute approximate surface area is 82.1 Å². The molecule has 0 atom stereocenters. The summed E-state index contributed by atoms with van der Waals surface area (Å²) >= 11 is 0. The van der Waals surface area contributed by atoms with Crippen LogP contribution in [0.4, 0.5) is 0 Å². The molecule has 0 amide bonds. The third-order valence-corrected chi connectivity index (χ3v) is 1.62. The number of hydrogen-bond acceptors (Lipinski definition) is 3. The average Bonchev–Trinajstić information content (AvgIpc) is 2.54. The number of aromatic nitrogens is 2. The first kappa shape index (κ1) is 12.3. The Hall–Kier alpha value is -1.65. The zero-order valence-corrected chi connectivity index (χ0v) is 8.50. The van der Waals surface area contributed by atoms with E-state index in [1.807, 2.05) is 27.6 Å². The number of H-pyrrole nitrogens is 1. The lowest BCUT2D eigenvalue weighted by molar-refractivity contribution is -0.0980. The van der Waals surface area contributed by atoms with Crippen LogP contribution in [0.25, 0.3) is 0 Å². The summed E-state index contributed by atoms with van der Waals surface area (Å²) in [7, 11) is 0. The summed E-state index contributed by atoms with van der Waals surface area (Å²) in [6, 6.07) is 0. The Bertz CT molecular complexity index is 312. The van der Waals surface area contributed by atoms with Crippen LogP contribution in [-0.2, 0) is 10.2 Å². The molecular weight excluding hydrogens is 184 g/mol. The van der Waals surface area contributed by atoms with Crippen molar-refractivity contribution in [3.8, 4) is 0 Å². The molecule has 1 heterocycles. The molecule has 1 aromatic rings. The van der Waals surface area contributed by atoms with Crippen molar-refractivity contribution < 1.29 is 14.7 Å². The molecule has 0 saturated carbocycles. The molecule has 0 spiro atoms. The largest absolute Gasteiger partial charge is 0.478 e. The van der Waals surface area contributed by atoms with E-state index in [4.69, 9.17) is 9.90 Å². The Morgan fingerprint density at radius 2 is 2.00 bits per heavy atom. The second-order valence-electron chi connectivity index (χ2n) is 3.71. The zero-order chi connectivity index (χ0) is 11.4. The van der Waals surface area contributed by atoms with Crippen LogP contribution in [0.1, 0.15) is 36.8 Å². The SMILES string of the molecule is C=O.CC(C)(C)c1[nH]ncc1C(=O)O. The third kappa shape index (κ3) is 2.69. The lowest BCUT2D eigenvalue weighted by Gasteiger charge is -2.16. The highest BCUT2D eigenvalue weighted by molar-refractivity contribution is 5.88. The lowest BCUT2D eigenvalue weighted by atomic mass is 9.90. The topological polar surface area (TPSA) is 83.0 Å². The van der Waals surface area contributed by atoms with Gasteiger partial charge in [0.1, 0.15) is 12.4 Å². The number of aromatic amines is 1. The number of nitrogens with one attached hydrogen (secondary N) is 1. The number of hydrogen-bond donors (Lipinski definition) is 2. The fourth-order valence-corrected chi connectivity index (χ4v) is 1.02. The number of carbonyl (C=O) groups excluding carboxylic acids is 1. The van der Waals surface area contributed by atoms with E-state index in [1.165, 1.54) is 6.20 Å². The van der Waals surface area contributed by atoms with Gasteiger partial charge in [0.2, 0.25) is 0 Å². The summed E-state index contributed by atoms with van der Waals surface area (Å²) in [5, 5.41) is 15.2. The van der Waals surface area contributed by atoms with Gasteiger partial charge >= 0.3 is 5.97 Å². The predicted octanol–water partition coefficient (Wildman–Crippen LogP) is 1.22. The molecule has 0 fully saturated rings. The minimum Gasteiger partial charge on any atom is -0.478 e. The molecule has 2 N–H and O–H groups in total. The maximum Gasteiger partial charge on any atom is 0.339 e. The molecule has 0 aliphatic heterocycles. The molecule has 0 unspecified atom stereocenters. The zero-order valence-electron chi connectivity index (χ0n) is 8.50. The van der Waals surface area contributed by atoms with E-state index in [-0.39, 0.29) is 11.0 Å². The Kier molecular flexibility index (Phi) is 4.01. The number of carboxylic acids is 1. The normalized spacial score (nSPS) is 10.2. The first-order valence-corrected chi connectivity index (χ1v) is 3.99. The van der Waals surface area contributed by atoms with Gasteiger partial charge in [-0.1, -0.05) is 20.8 Å². The van der Waals surface area contributed by atoms with Crippen molar-refractivity contribution in [2.24, 2.45) is 0 Å². The summed E-state index contributed by atoms with van der Waals surface area (Å²) in [6.07, 6.45) is 1.34. The summed E-state index contributed by atoms with van der Waals surface area (Å²) in [5.74, 6) is -0.936. The monoisotopic (exact) mass is 198 g/mol. The second-order valence-corrected chi connectivity index (χ2v) is 3.71. The smallest absolute Gasteiger partial charge is 0.339 e. The van der Waals surface area contributed by atoms with Gasteiger partial charge in [-0.2, -0.15) is 5.10 Å². The van der Waals surface area contributed by atoms with E-state index in [0.29, 0.717) is 5.69 Å². The maximum atomic E-state index is 10.7. The van der Waals surface area contributed by atoms with E-state index in [9.17, 15) is 4.79 Å². The summed E-state index contributed by atoms with van der Waals surface area (Å²) in [5.41, 5.74) is 0.710. The Balaban J connectivity index is 0.000000791. The summed E-state index contributed by atoms with van der Waals surface area (Å²) < 4.78 is 0. The first-order chi connectivity index (χ1) is 6.43. The van der Waals surface area contributed by atoms with Gasteiger partial charge in [0.25, 0.3) is 0 Å². The second kappa shape index (κ2) is 4.55. The highest BCUT2D eigenvalue weighted by atomic mass is 16.4. The van der Waals surface area contributed by atoms with Crippen LogP contribution in [0.2, 0.25) is 0 Å². The number of carbonyl (C=O) groups is 2. The fourth-order valence-electron chi connectivity index (χ4n) is 1.02. The van der Waals surface area contributed by atoms with Gasteiger partial charge in [0.15, 0.2) is 0 Å². The molecule has 5 heteroatoms. The van der Waals surface area contributed by atoms with Gasteiger partial charge in [-0.3, -0.25) is 5.10 Å². The third-order valence-electron chi connectivity index (χ3n) is 1.62. The highest BCUT2D eigenvalue weighted by Gasteiger charge is 2.23. The van der Waals surface area contributed by atoms with Crippen LogP contribution in [-0.4, -0.2) is 28.1 Å². The minimum absolute atomic E-state index is 0.204. The van der Waals surface area contributed by atoms with Crippen LogP contribution in [0.3, 0.4) is 0 Å². The number of nitrogens with zero attached hydrogens (tertiary/aromatic N) is 1. The van der Waals surface area contributed by atoms with Crippen molar-refractivity contribution in [2.45, 2.75) is 26.2 Å². The van der Waals surface area contributed by atoms with Crippen LogP contribution < -0.4 is 0 Å². The van der Waals surface area contributed by atoms with Crippen molar-refractivity contribution in [3.05, 3.63) is 17.5 Å². The quantitative estimate of drug-likeness (QED) is 0.710. The van der Waals surface area contributed by atoms with Crippen molar-refractivity contribution in [1.29, 1.82) is 0 Å². The molecule has 0 aliphatic rings. The van der Waals surface area contributed by atoms with E-state index >= 15 is 0 Å². The van der Waals surface area contributed by atoms with Gasteiger partial charge in [-0.05, 0) is 0 Å². The molecule has 78 valence electrons. The molecule has 0 aromatic carbocycles. The molecule has 14 heavy (non-hydrogen) atoms. The number of carboxylic acid groups (broad SMARTS) is 1. The van der Waals surface area contributed by atoms with Gasteiger partial charge in [-0.25, -0.2) is 4.79 Å². The minimum atomic E-state index is -0.936. The van der Waals surface area contributed by atoms with Crippen molar-refractivity contribution in [1.82, 2.24) is 10.2 Å². The van der Waals surface area contributed by atoms with Crippen LogP contribution in [0.15, 0.2) is 6.20 Å². The van der Waals surface area contributed by atoms with E-state index in [0.717, 1.165) is 0 Å². The van der Waals surface area contributed by atoms with Crippen LogP contribution in [0, 0.1) is 0 Å². The molecular formula is C9H14N2O3. The van der Waals surface area contributed by atoms with E-state index in [1.54, 1.807) is 0 Å². The molecule has 5 nitrogen and oxygen atoms in total. The predicted molar refractivity (Wildman–Crippen MR) is 51.4 cm³/mol. The van der Waals surface area contributed by atoms with Gasteiger partial charge in [0.05, 0.1) is 11.9 Å². The molecule has 1 aromatic heterocycles. The number of rotatable bonds is 1. The molecule has 0 radical (unpaired) electrons. The first-order valence-electron chi connectivity index (χ1n) is 3.99. The molecule has 0 bridgehead atoms. The van der Waals surface area contributed by atoms with Crippen molar-refractivity contribution in [2.75, 3.05) is 0 Å². The van der Waals surface area contributed by atoms with Gasteiger partial charge < -0.3 is 9.90 Å². The maximum absolute atomic E-state index is 10.7. The molecule has 1 rings (SSSR count). The lowest BCUT2D eigenvalue weighted by Crippen LogP contribution is -2.16. The Morgan fingerprint density at radius 1 is 1.50 bits per heavy atom.